The Labute approximate surface area is 124 Å². The van der Waals surface area contributed by atoms with Crippen LogP contribution in [0.2, 0.25) is 0 Å². The summed E-state index contributed by atoms with van der Waals surface area (Å²) in [4.78, 5) is 12.5. The number of rotatable bonds is 4. The number of fused-ring (bicyclic) bond motifs is 1. The maximum Gasteiger partial charge on any atom is 0.233 e. The third-order valence-electron chi connectivity index (χ3n) is 3.59. The quantitative estimate of drug-likeness (QED) is 0.905. The highest BCUT2D eigenvalue weighted by Gasteiger charge is 2.28. The molecule has 1 unspecified atom stereocenters. The zero-order valence-electron chi connectivity index (χ0n) is 11.9. The second-order valence-corrected chi connectivity index (χ2v) is 4.94. The maximum atomic E-state index is 12.5. The number of carbonyl (C=O) groups is 1. The molecule has 0 fully saturated rings. The van der Waals surface area contributed by atoms with Crippen LogP contribution in [-0.2, 0) is 4.79 Å². The van der Waals surface area contributed by atoms with E-state index in [0.717, 1.165) is 11.3 Å². The van der Waals surface area contributed by atoms with Crippen molar-refractivity contribution in [2.45, 2.75) is 12.8 Å². The summed E-state index contributed by atoms with van der Waals surface area (Å²) < 4.78 is 5.54. The molecule has 0 aliphatic carbocycles. The van der Waals surface area contributed by atoms with E-state index in [1.807, 2.05) is 55.5 Å². The molecule has 1 amide bonds. The molecule has 0 radical (unpaired) electrons. The Morgan fingerprint density at radius 1 is 1.24 bits per heavy atom. The molecule has 0 saturated heterocycles. The van der Waals surface area contributed by atoms with E-state index >= 15 is 0 Å². The molecule has 4 heteroatoms. The predicted octanol–water partition coefficient (Wildman–Crippen LogP) is 3.23. The fourth-order valence-corrected chi connectivity index (χ4v) is 2.59. The minimum atomic E-state index is -0.170. The van der Waals surface area contributed by atoms with E-state index in [-0.39, 0.29) is 11.8 Å². The average molecular weight is 282 g/mol. The van der Waals surface area contributed by atoms with Gasteiger partial charge in [-0.25, -0.2) is 0 Å². The minimum absolute atomic E-state index is 0.0143. The van der Waals surface area contributed by atoms with Gasteiger partial charge in [0, 0.05) is 12.2 Å². The first-order valence-electron chi connectivity index (χ1n) is 7.15. The van der Waals surface area contributed by atoms with Crippen LogP contribution in [0.1, 0.15) is 18.4 Å². The summed E-state index contributed by atoms with van der Waals surface area (Å²) in [6.07, 6.45) is 0. The van der Waals surface area contributed by atoms with Crippen molar-refractivity contribution in [3.63, 3.8) is 0 Å². The summed E-state index contributed by atoms with van der Waals surface area (Å²) >= 11 is 0. The van der Waals surface area contributed by atoms with E-state index in [1.165, 1.54) is 0 Å². The van der Waals surface area contributed by atoms with Gasteiger partial charge < -0.3 is 15.4 Å². The van der Waals surface area contributed by atoms with Crippen LogP contribution in [0.15, 0.2) is 48.5 Å². The maximum absolute atomic E-state index is 12.5. The first-order chi connectivity index (χ1) is 10.3. The monoisotopic (exact) mass is 282 g/mol. The topological polar surface area (TPSA) is 50.4 Å². The van der Waals surface area contributed by atoms with Gasteiger partial charge in [0.2, 0.25) is 5.91 Å². The normalized spacial score (nSPS) is 16.0. The number of hydrogen-bond acceptors (Lipinski definition) is 3. The molecule has 1 atom stereocenters. The summed E-state index contributed by atoms with van der Waals surface area (Å²) in [5.41, 5.74) is 2.80. The van der Waals surface area contributed by atoms with E-state index in [4.69, 9.17) is 4.74 Å². The Morgan fingerprint density at radius 2 is 2.00 bits per heavy atom. The molecular formula is C17H18N2O2. The van der Waals surface area contributed by atoms with Gasteiger partial charge in [-0.2, -0.15) is 0 Å². The summed E-state index contributed by atoms with van der Waals surface area (Å²) in [5, 5.41) is 6.24. The molecular weight excluding hydrogens is 264 g/mol. The van der Waals surface area contributed by atoms with Crippen molar-refractivity contribution in [3.05, 3.63) is 54.1 Å². The lowest BCUT2D eigenvalue weighted by molar-refractivity contribution is -0.117. The highest BCUT2D eigenvalue weighted by atomic mass is 16.5. The minimum Gasteiger partial charge on any atom is -0.492 e. The van der Waals surface area contributed by atoms with Crippen molar-refractivity contribution in [2.75, 3.05) is 23.8 Å². The van der Waals surface area contributed by atoms with E-state index in [0.29, 0.717) is 24.6 Å². The molecule has 2 N–H and O–H groups in total. The second kappa shape index (κ2) is 5.87. The highest BCUT2D eigenvalue weighted by Crippen LogP contribution is 2.33. The zero-order chi connectivity index (χ0) is 14.7. The van der Waals surface area contributed by atoms with Gasteiger partial charge in [-0.3, -0.25) is 4.79 Å². The predicted molar refractivity (Wildman–Crippen MR) is 83.9 cm³/mol. The Morgan fingerprint density at radius 3 is 2.86 bits per heavy atom. The van der Waals surface area contributed by atoms with Crippen molar-refractivity contribution >= 4 is 17.3 Å². The summed E-state index contributed by atoms with van der Waals surface area (Å²) in [5.74, 6) is 0.517. The molecule has 108 valence electrons. The van der Waals surface area contributed by atoms with Crippen LogP contribution in [0.25, 0.3) is 0 Å². The number of nitrogens with one attached hydrogen (secondary N) is 2. The molecule has 0 saturated carbocycles. The fraction of sp³-hybridized carbons (Fsp3) is 0.235. The van der Waals surface area contributed by atoms with Crippen LogP contribution in [0.5, 0.6) is 5.75 Å². The number of carbonyl (C=O) groups excluding carboxylic acids is 1. The average Bonchev–Trinajstić information content (AvgIpc) is 2.93. The number of para-hydroxylation sites is 3. The Hall–Kier alpha value is -2.49. The Bertz CT molecular complexity index is 655. The molecule has 2 aromatic rings. The second-order valence-electron chi connectivity index (χ2n) is 4.94. The van der Waals surface area contributed by atoms with Gasteiger partial charge in [-0.05, 0) is 30.7 Å². The van der Waals surface area contributed by atoms with E-state index in [9.17, 15) is 4.79 Å². The van der Waals surface area contributed by atoms with Crippen molar-refractivity contribution in [2.24, 2.45) is 0 Å². The molecule has 0 spiro atoms. The third-order valence-corrected chi connectivity index (χ3v) is 3.59. The van der Waals surface area contributed by atoms with E-state index in [1.54, 1.807) is 0 Å². The molecule has 2 aromatic carbocycles. The first-order valence-corrected chi connectivity index (χ1v) is 7.15. The Balaban J connectivity index is 1.79. The van der Waals surface area contributed by atoms with E-state index in [2.05, 4.69) is 10.6 Å². The number of ether oxygens (including phenoxy) is 1. The number of benzene rings is 2. The summed E-state index contributed by atoms with van der Waals surface area (Å²) in [6.45, 7) is 3.12. The summed E-state index contributed by atoms with van der Waals surface area (Å²) in [6, 6.07) is 15.4. The van der Waals surface area contributed by atoms with Crippen LogP contribution in [0.4, 0.5) is 11.4 Å². The van der Waals surface area contributed by atoms with Gasteiger partial charge in [-0.15, -0.1) is 0 Å². The zero-order valence-corrected chi connectivity index (χ0v) is 11.9. The highest BCUT2D eigenvalue weighted by molar-refractivity contribution is 5.99. The molecule has 0 bridgehead atoms. The number of hydrogen-bond donors (Lipinski definition) is 2. The van der Waals surface area contributed by atoms with Crippen molar-refractivity contribution in [3.8, 4) is 5.75 Å². The molecule has 1 aliphatic rings. The van der Waals surface area contributed by atoms with Gasteiger partial charge in [0.05, 0.1) is 18.2 Å². The van der Waals surface area contributed by atoms with Crippen molar-refractivity contribution < 1.29 is 9.53 Å². The van der Waals surface area contributed by atoms with Gasteiger partial charge in [0.25, 0.3) is 0 Å². The van der Waals surface area contributed by atoms with Gasteiger partial charge >= 0.3 is 0 Å². The molecule has 4 nitrogen and oxygen atoms in total. The lowest BCUT2D eigenvalue weighted by atomic mass is 10.0. The SMILES string of the molecule is CCOc1ccccc1NC(=O)C1CNc2ccccc21. The lowest BCUT2D eigenvalue weighted by Gasteiger charge is -2.14. The fourth-order valence-electron chi connectivity index (χ4n) is 2.59. The van der Waals surface area contributed by atoms with Gasteiger partial charge in [0.1, 0.15) is 5.75 Å². The molecule has 1 aliphatic heterocycles. The van der Waals surface area contributed by atoms with Crippen LogP contribution < -0.4 is 15.4 Å². The third kappa shape index (κ3) is 2.70. The van der Waals surface area contributed by atoms with Gasteiger partial charge in [0.15, 0.2) is 0 Å². The summed E-state index contributed by atoms with van der Waals surface area (Å²) in [7, 11) is 0. The standard InChI is InChI=1S/C17H18N2O2/c1-2-21-16-10-6-5-9-15(16)19-17(20)13-11-18-14-8-4-3-7-12(13)14/h3-10,13,18H,2,11H2,1H3,(H,19,20). The molecule has 21 heavy (non-hydrogen) atoms. The van der Waals surface area contributed by atoms with Gasteiger partial charge in [-0.1, -0.05) is 30.3 Å². The number of anilines is 2. The number of amides is 1. The molecule has 0 aromatic heterocycles. The molecule has 3 rings (SSSR count). The Kier molecular flexibility index (Phi) is 3.77. The smallest absolute Gasteiger partial charge is 0.233 e. The lowest BCUT2D eigenvalue weighted by Crippen LogP contribution is -2.22. The van der Waals surface area contributed by atoms with Crippen LogP contribution in [0.3, 0.4) is 0 Å². The van der Waals surface area contributed by atoms with E-state index < -0.39 is 0 Å². The van der Waals surface area contributed by atoms with Crippen LogP contribution in [-0.4, -0.2) is 19.1 Å². The van der Waals surface area contributed by atoms with Crippen LogP contribution >= 0.6 is 0 Å². The van der Waals surface area contributed by atoms with Crippen molar-refractivity contribution in [1.82, 2.24) is 0 Å². The largest absolute Gasteiger partial charge is 0.492 e. The first kappa shape index (κ1) is 13.5. The van der Waals surface area contributed by atoms with Crippen LogP contribution in [0, 0.1) is 0 Å². The molecule has 1 heterocycles. The van der Waals surface area contributed by atoms with Crippen molar-refractivity contribution in [1.29, 1.82) is 0 Å².